The molecule has 1 N–H and O–H groups in total. The van der Waals surface area contributed by atoms with Gasteiger partial charge in [0.1, 0.15) is 12.1 Å². The topological polar surface area (TPSA) is 69.0 Å². The number of esters is 1. The maximum Gasteiger partial charge on any atom is 0.377 e. The highest BCUT2D eigenvalue weighted by Gasteiger charge is 2.26. The van der Waals surface area contributed by atoms with E-state index in [0.29, 0.717) is 6.67 Å². The molecule has 7 heteroatoms. The summed E-state index contributed by atoms with van der Waals surface area (Å²) in [4.78, 5) is 15.3. The number of nitrogens with zero attached hydrogens (tertiary/aromatic N) is 3. The fourth-order valence-corrected chi connectivity index (χ4v) is 2.32. The lowest BCUT2D eigenvalue weighted by molar-refractivity contribution is 0.0586. The molecule has 2 aromatic rings. The Bertz CT molecular complexity index is 661. The molecule has 0 unspecified atom stereocenters. The van der Waals surface area contributed by atoms with Crippen LogP contribution in [0.15, 0.2) is 30.6 Å². The van der Waals surface area contributed by atoms with Crippen LogP contribution in [0, 0.1) is 11.2 Å². The molecule has 1 aromatic heterocycles. The minimum absolute atomic E-state index is 0.0170. The number of rotatable bonds is 5. The van der Waals surface area contributed by atoms with E-state index >= 15 is 0 Å². The van der Waals surface area contributed by atoms with Crippen LogP contribution < -0.4 is 5.32 Å². The number of carbonyl (C=O) groups excluding carboxylic acids is 1. The normalized spacial score (nSPS) is 12.9. The zero-order valence-electron chi connectivity index (χ0n) is 13.7. The van der Waals surface area contributed by atoms with Crippen molar-refractivity contribution in [2.24, 2.45) is 5.41 Å². The first-order chi connectivity index (χ1) is 10.8. The van der Waals surface area contributed by atoms with Gasteiger partial charge in [0.15, 0.2) is 0 Å². The average Bonchev–Trinajstić information content (AvgIpc) is 2.96. The van der Waals surface area contributed by atoms with Gasteiger partial charge >= 0.3 is 5.97 Å². The Morgan fingerprint density at radius 3 is 2.57 bits per heavy atom. The minimum atomic E-state index is -0.574. The van der Waals surface area contributed by atoms with Gasteiger partial charge in [0, 0.05) is 6.04 Å². The largest absolute Gasteiger partial charge is 0.463 e. The van der Waals surface area contributed by atoms with Crippen LogP contribution in [0.5, 0.6) is 0 Å². The van der Waals surface area contributed by atoms with Crippen molar-refractivity contribution in [3.8, 4) is 0 Å². The van der Waals surface area contributed by atoms with Crippen LogP contribution in [0.25, 0.3) is 0 Å². The van der Waals surface area contributed by atoms with Crippen LogP contribution in [0.4, 0.5) is 4.39 Å². The zero-order valence-corrected chi connectivity index (χ0v) is 13.7. The van der Waals surface area contributed by atoms with Gasteiger partial charge in [-0.2, -0.15) is 0 Å². The third kappa shape index (κ3) is 4.35. The molecule has 6 nitrogen and oxygen atoms in total. The highest BCUT2D eigenvalue weighted by Crippen LogP contribution is 2.32. The second-order valence-corrected chi connectivity index (χ2v) is 6.31. The molecular formula is C16H21FN4O2. The molecule has 0 aliphatic rings. The van der Waals surface area contributed by atoms with E-state index in [0.717, 1.165) is 5.56 Å². The molecule has 0 saturated carbocycles. The Labute approximate surface area is 134 Å². The number of benzene rings is 1. The van der Waals surface area contributed by atoms with Crippen molar-refractivity contribution in [1.82, 2.24) is 20.1 Å². The third-order valence-electron chi connectivity index (χ3n) is 3.43. The number of nitrogens with one attached hydrogen (secondary N) is 1. The van der Waals surface area contributed by atoms with Gasteiger partial charge in [0.25, 0.3) is 5.82 Å². The van der Waals surface area contributed by atoms with Gasteiger partial charge in [0.05, 0.1) is 13.8 Å². The molecule has 0 bridgehead atoms. The molecule has 23 heavy (non-hydrogen) atoms. The number of hydrogen-bond donors (Lipinski definition) is 1. The van der Waals surface area contributed by atoms with E-state index in [1.165, 1.54) is 30.3 Å². The summed E-state index contributed by atoms with van der Waals surface area (Å²) in [7, 11) is 1.28. The Kier molecular flexibility index (Phi) is 5.10. The molecule has 124 valence electrons. The summed E-state index contributed by atoms with van der Waals surface area (Å²) in [6.07, 6.45) is 1.46. The molecule has 1 atom stereocenters. The van der Waals surface area contributed by atoms with Crippen LogP contribution in [0.1, 0.15) is 43.0 Å². The number of hydrogen-bond acceptors (Lipinski definition) is 5. The van der Waals surface area contributed by atoms with E-state index in [-0.39, 0.29) is 23.1 Å². The summed E-state index contributed by atoms with van der Waals surface area (Å²) >= 11 is 0. The smallest absolute Gasteiger partial charge is 0.377 e. The van der Waals surface area contributed by atoms with Gasteiger partial charge in [-0.1, -0.05) is 32.9 Å². The van der Waals surface area contributed by atoms with Gasteiger partial charge in [-0.25, -0.2) is 18.9 Å². The van der Waals surface area contributed by atoms with Crippen LogP contribution in [0.3, 0.4) is 0 Å². The first-order valence-corrected chi connectivity index (χ1v) is 7.28. The predicted octanol–water partition coefficient (Wildman–Crippen LogP) is 2.54. The molecule has 0 saturated heterocycles. The summed E-state index contributed by atoms with van der Waals surface area (Å²) < 4.78 is 19.2. The minimum Gasteiger partial charge on any atom is -0.463 e. The van der Waals surface area contributed by atoms with Gasteiger partial charge < -0.3 is 4.74 Å². The maximum absolute atomic E-state index is 13.1. The van der Waals surface area contributed by atoms with Crippen molar-refractivity contribution >= 4 is 5.97 Å². The number of aromatic nitrogens is 3. The lowest BCUT2D eigenvalue weighted by Crippen LogP contribution is -2.34. The van der Waals surface area contributed by atoms with E-state index in [1.54, 1.807) is 12.1 Å². The number of carbonyl (C=O) groups is 1. The van der Waals surface area contributed by atoms with Crippen molar-refractivity contribution in [3.63, 3.8) is 0 Å². The quantitative estimate of drug-likeness (QED) is 0.857. The molecular weight excluding hydrogens is 299 g/mol. The summed E-state index contributed by atoms with van der Waals surface area (Å²) in [5.74, 6) is -0.821. The van der Waals surface area contributed by atoms with E-state index in [2.05, 4.69) is 40.9 Å². The molecule has 0 amide bonds. The molecule has 1 aromatic carbocycles. The van der Waals surface area contributed by atoms with Crippen LogP contribution >= 0.6 is 0 Å². The zero-order chi connectivity index (χ0) is 17.0. The Morgan fingerprint density at radius 1 is 1.35 bits per heavy atom. The Balaban J connectivity index is 2.11. The first-order valence-electron chi connectivity index (χ1n) is 7.28. The van der Waals surface area contributed by atoms with E-state index in [4.69, 9.17) is 0 Å². The number of halogens is 1. The summed E-state index contributed by atoms with van der Waals surface area (Å²) in [6.45, 7) is 6.64. The molecule has 0 spiro atoms. The van der Waals surface area contributed by atoms with Gasteiger partial charge in [-0.15, -0.1) is 5.10 Å². The van der Waals surface area contributed by atoms with E-state index < -0.39 is 5.97 Å². The average molecular weight is 320 g/mol. The molecule has 1 heterocycles. The van der Waals surface area contributed by atoms with Crippen LogP contribution in [-0.2, 0) is 11.4 Å². The second kappa shape index (κ2) is 6.87. The lowest BCUT2D eigenvalue weighted by Gasteiger charge is -2.32. The Morgan fingerprint density at radius 2 is 2.00 bits per heavy atom. The predicted molar refractivity (Wildman–Crippen MR) is 83.1 cm³/mol. The SMILES string of the molecule is COC(=O)c1ncn(CN[C@H](c2ccc(F)cc2)C(C)(C)C)n1. The van der Waals surface area contributed by atoms with Gasteiger partial charge in [-0.3, -0.25) is 5.32 Å². The number of methoxy groups -OCH3 is 1. The fraction of sp³-hybridized carbons (Fsp3) is 0.438. The van der Waals surface area contributed by atoms with Crippen LogP contribution in [0.2, 0.25) is 0 Å². The van der Waals surface area contributed by atoms with Crippen molar-refractivity contribution < 1.29 is 13.9 Å². The summed E-state index contributed by atoms with van der Waals surface area (Å²) in [5.41, 5.74) is 0.885. The highest BCUT2D eigenvalue weighted by molar-refractivity contribution is 5.84. The monoisotopic (exact) mass is 320 g/mol. The first kappa shape index (κ1) is 17.1. The van der Waals surface area contributed by atoms with Gasteiger partial charge in [-0.05, 0) is 23.1 Å². The summed E-state index contributed by atoms with van der Waals surface area (Å²) in [5, 5.41) is 7.42. The number of ether oxygens (including phenoxy) is 1. The molecule has 0 aliphatic heterocycles. The van der Waals surface area contributed by atoms with Crippen molar-refractivity contribution in [2.45, 2.75) is 33.5 Å². The molecule has 0 fully saturated rings. The highest BCUT2D eigenvalue weighted by atomic mass is 19.1. The molecule has 2 rings (SSSR count). The lowest BCUT2D eigenvalue weighted by atomic mass is 9.82. The third-order valence-corrected chi connectivity index (χ3v) is 3.43. The summed E-state index contributed by atoms with van der Waals surface area (Å²) in [6, 6.07) is 6.40. The Hall–Kier alpha value is -2.28. The van der Waals surface area contributed by atoms with E-state index in [9.17, 15) is 9.18 Å². The van der Waals surface area contributed by atoms with Crippen LogP contribution in [-0.4, -0.2) is 27.8 Å². The fourth-order valence-electron chi connectivity index (χ4n) is 2.32. The molecule has 0 aliphatic carbocycles. The van der Waals surface area contributed by atoms with Crippen molar-refractivity contribution in [1.29, 1.82) is 0 Å². The maximum atomic E-state index is 13.1. The van der Waals surface area contributed by atoms with Gasteiger partial charge in [0.2, 0.25) is 0 Å². The van der Waals surface area contributed by atoms with Crippen molar-refractivity contribution in [3.05, 3.63) is 47.8 Å². The van der Waals surface area contributed by atoms with Crippen molar-refractivity contribution in [2.75, 3.05) is 7.11 Å². The standard InChI is InChI=1S/C16H21FN4O2/c1-16(2,3)13(11-5-7-12(17)8-6-11)18-9-21-10-19-14(20-21)15(22)23-4/h5-8,10,13,18H,9H2,1-4H3/t13-/m1/s1. The molecule has 0 radical (unpaired) electrons. The second-order valence-electron chi connectivity index (χ2n) is 6.31. The van der Waals surface area contributed by atoms with E-state index in [1.807, 2.05) is 0 Å².